The Balaban J connectivity index is 2.54. The lowest BCUT2D eigenvalue weighted by Crippen LogP contribution is -2.24. The van der Waals surface area contributed by atoms with Gasteiger partial charge in [0, 0.05) is 12.7 Å². The highest BCUT2D eigenvalue weighted by Gasteiger charge is 2.14. The molecule has 1 aromatic rings. The van der Waals surface area contributed by atoms with Crippen molar-refractivity contribution in [2.45, 2.75) is 40.2 Å². The Labute approximate surface area is 143 Å². The number of hydrogen-bond donors (Lipinski definition) is 2. The number of rotatable bonds is 9. The fourth-order valence-corrected chi connectivity index (χ4v) is 3.01. The summed E-state index contributed by atoms with van der Waals surface area (Å²) < 4.78 is 2.86. The first-order valence-electron chi connectivity index (χ1n) is 7.82. The van der Waals surface area contributed by atoms with Gasteiger partial charge in [-0.1, -0.05) is 18.6 Å². The Morgan fingerprint density at radius 3 is 2.77 bits per heavy atom. The molecule has 5 heteroatoms. The summed E-state index contributed by atoms with van der Waals surface area (Å²) in [5.74, 6) is 1.25. The lowest BCUT2D eigenvalue weighted by Gasteiger charge is -2.21. The highest BCUT2D eigenvalue weighted by molar-refractivity contribution is 9.11. The van der Waals surface area contributed by atoms with E-state index in [1.807, 2.05) is 26.4 Å². The number of aromatic nitrogens is 2. The predicted octanol–water partition coefficient (Wildman–Crippen LogP) is 3.58. The number of halogens is 1. The van der Waals surface area contributed by atoms with E-state index in [1.54, 1.807) is 0 Å². The maximum Gasteiger partial charge on any atom is 0.0949 e. The molecule has 0 radical (unpaired) electrons. The Morgan fingerprint density at radius 1 is 1.50 bits per heavy atom. The molecule has 4 nitrogen and oxygen atoms in total. The van der Waals surface area contributed by atoms with E-state index in [2.05, 4.69) is 56.9 Å². The third-order valence-electron chi connectivity index (χ3n) is 3.66. The van der Waals surface area contributed by atoms with Gasteiger partial charge >= 0.3 is 0 Å². The first-order chi connectivity index (χ1) is 10.4. The second kappa shape index (κ2) is 9.85. The van der Waals surface area contributed by atoms with Crippen molar-refractivity contribution in [1.82, 2.24) is 14.9 Å². The number of aryl methyl sites for hydroxylation is 1. The molecule has 1 aromatic heterocycles. The number of nitrogens with one attached hydrogen (secondary N) is 1. The van der Waals surface area contributed by atoms with Gasteiger partial charge in [0.1, 0.15) is 0 Å². The monoisotopic (exact) mass is 368 g/mol. The topological polar surface area (TPSA) is 55.9 Å². The van der Waals surface area contributed by atoms with E-state index in [0.29, 0.717) is 16.4 Å². The smallest absolute Gasteiger partial charge is 0.0949 e. The van der Waals surface area contributed by atoms with Crippen LogP contribution >= 0.6 is 15.9 Å². The fourth-order valence-electron chi connectivity index (χ4n) is 2.87. The van der Waals surface area contributed by atoms with Crippen LogP contribution < -0.4 is 11.1 Å². The first kappa shape index (κ1) is 19.0. The normalized spacial score (nSPS) is 15.9. The van der Waals surface area contributed by atoms with Gasteiger partial charge in [0.25, 0.3) is 0 Å². The summed E-state index contributed by atoms with van der Waals surface area (Å²) >= 11 is 3.25. The van der Waals surface area contributed by atoms with Crippen LogP contribution in [0.5, 0.6) is 0 Å². The van der Waals surface area contributed by atoms with Crippen molar-refractivity contribution < 1.29 is 0 Å². The summed E-state index contributed by atoms with van der Waals surface area (Å²) in [7, 11) is 2.02. The molecule has 0 bridgehead atoms. The lowest BCUT2D eigenvalue weighted by atomic mass is 9.90. The van der Waals surface area contributed by atoms with E-state index in [9.17, 15) is 0 Å². The molecule has 0 spiro atoms. The van der Waals surface area contributed by atoms with Gasteiger partial charge in [0.2, 0.25) is 0 Å². The van der Waals surface area contributed by atoms with Gasteiger partial charge in [-0.15, -0.1) is 0 Å². The zero-order chi connectivity index (χ0) is 16.5. The predicted molar refractivity (Wildman–Crippen MR) is 97.7 cm³/mol. The van der Waals surface area contributed by atoms with Crippen LogP contribution in [0.3, 0.4) is 0 Å². The lowest BCUT2D eigenvalue weighted by molar-refractivity contribution is 0.338. The Kier molecular flexibility index (Phi) is 8.49. The van der Waals surface area contributed by atoms with Crippen LogP contribution in [0.4, 0.5) is 0 Å². The van der Waals surface area contributed by atoms with E-state index in [0.717, 1.165) is 25.2 Å². The summed E-state index contributed by atoms with van der Waals surface area (Å²) in [6, 6.07) is 0. The van der Waals surface area contributed by atoms with E-state index >= 15 is 0 Å². The van der Waals surface area contributed by atoms with Gasteiger partial charge in [-0.05, 0) is 74.1 Å². The van der Waals surface area contributed by atoms with E-state index in [4.69, 9.17) is 5.73 Å². The molecule has 0 aromatic carbocycles. The minimum atomic E-state index is 0.609. The average molecular weight is 369 g/mol. The standard InChI is InChI=1S/C17H29BrN4/c1-13(5-6-17(18)19)7-14(2)8-16(9-20-4)11-22-10-15(3)21-12-22/h5-6,10,12,14,16,20H,7-9,11,19H2,1-4H3/b13-5-,17-6-. The van der Waals surface area contributed by atoms with Gasteiger partial charge in [-0.25, -0.2) is 4.98 Å². The van der Waals surface area contributed by atoms with Crippen molar-refractivity contribution >= 4 is 15.9 Å². The summed E-state index contributed by atoms with van der Waals surface area (Å²) in [5.41, 5.74) is 8.03. The van der Waals surface area contributed by atoms with E-state index < -0.39 is 0 Å². The minimum Gasteiger partial charge on any atom is -0.393 e. The third-order valence-corrected chi connectivity index (χ3v) is 3.92. The molecule has 22 heavy (non-hydrogen) atoms. The largest absolute Gasteiger partial charge is 0.393 e. The highest BCUT2D eigenvalue weighted by atomic mass is 79.9. The minimum absolute atomic E-state index is 0.609. The van der Waals surface area contributed by atoms with Gasteiger partial charge in [0.15, 0.2) is 0 Å². The number of nitrogens with two attached hydrogens (primary N) is 1. The SMILES string of the molecule is CNCC(CC(C)C/C(C)=C\C=C(/N)Br)Cn1cnc(C)c1. The molecule has 1 rings (SSSR count). The van der Waals surface area contributed by atoms with Crippen molar-refractivity contribution in [2.75, 3.05) is 13.6 Å². The van der Waals surface area contributed by atoms with Crippen molar-refractivity contribution in [3.63, 3.8) is 0 Å². The summed E-state index contributed by atoms with van der Waals surface area (Å²) in [4.78, 5) is 4.31. The molecule has 0 fully saturated rings. The average Bonchev–Trinajstić information content (AvgIpc) is 2.82. The van der Waals surface area contributed by atoms with Gasteiger partial charge in [-0.2, -0.15) is 0 Å². The second-order valence-electron chi connectivity index (χ2n) is 6.25. The molecule has 2 atom stereocenters. The molecule has 0 amide bonds. The molecule has 0 saturated heterocycles. The van der Waals surface area contributed by atoms with E-state index in [-0.39, 0.29) is 0 Å². The van der Waals surface area contributed by atoms with Crippen molar-refractivity contribution in [3.8, 4) is 0 Å². The van der Waals surface area contributed by atoms with Crippen LogP contribution in [-0.4, -0.2) is 23.1 Å². The van der Waals surface area contributed by atoms with Crippen molar-refractivity contribution in [2.24, 2.45) is 17.6 Å². The molecule has 0 aliphatic rings. The highest BCUT2D eigenvalue weighted by Crippen LogP contribution is 2.21. The maximum absolute atomic E-state index is 5.60. The number of imidazole rings is 1. The van der Waals surface area contributed by atoms with Crippen LogP contribution in [-0.2, 0) is 6.54 Å². The van der Waals surface area contributed by atoms with E-state index in [1.165, 1.54) is 12.0 Å². The zero-order valence-corrected chi connectivity index (χ0v) is 15.7. The van der Waals surface area contributed by atoms with Crippen LogP contribution in [0.1, 0.15) is 32.4 Å². The van der Waals surface area contributed by atoms with Gasteiger partial charge < -0.3 is 15.6 Å². The zero-order valence-electron chi connectivity index (χ0n) is 14.1. The molecular formula is C17H29BrN4. The summed E-state index contributed by atoms with van der Waals surface area (Å²) in [6.07, 6.45) is 10.3. The molecule has 124 valence electrons. The molecule has 0 aliphatic heterocycles. The molecule has 2 unspecified atom stereocenters. The van der Waals surface area contributed by atoms with Crippen molar-refractivity contribution in [1.29, 1.82) is 0 Å². The first-order valence-corrected chi connectivity index (χ1v) is 8.61. The van der Waals surface area contributed by atoms with Crippen molar-refractivity contribution in [3.05, 3.63) is 40.5 Å². The Hall–Kier alpha value is -1.07. The molecular weight excluding hydrogens is 340 g/mol. The maximum atomic E-state index is 5.60. The number of nitrogens with zero attached hydrogens (tertiary/aromatic N) is 2. The fraction of sp³-hybridized carbons (Fsp3) is 0.588. The van der Waals surface area contributed by atoms with Gasteiger partial charge in [-0.3, -0.25) is 0 Å². The quantitative estimate of drug-likeness (QED) is 0.517. The van der Waals surface area contributed by atoms with Gasteiger partial charge in [0.05, 0.1) is 16.6 Å². The third kappa shape index (κ3) is 7.80. The molecule has 0 aliphatic carbocycles. The Morgan fingerprint density at radius 2 is 2.23 bits per heavy atom. The molecule has 1 heterocycles. The number of hydrogen-bond acceptors (Lipinski definition) is 3. The summed E-state index contributed by atoms with van der Waals surface area (Å²) in [5, 5.41) is 3.31. The second-order valence-corrected chi connectivity index (χ2v) is 7.16. The van der Waals surface area contributed by atoms with Crippen LogP contribution in [0, 0.1) is 18.8 Å². The molecule has 0 saturated carbocycles. The van der Waals surface area contributed by atoms with Crippen LogP contribution in [0.25, 0.3) is 0 Å². The van der Waals surface area contributed by atoms with Crippen LogP contribution in [0.2, 0.25) is 0 Å². The summed E-state index contributed by atoms with van der Waals surface area (Å²) in [6.45, 7) is 8.56. The Bertz CT molecular complexity index is 501. The number of allylic oxidation sites excluding steroid dienone is 3. The molecule has 3 N–H and O–H groups in total. The van der Waals surface area contributed by atoms with Crippen LogP contribution in [0.15, 0.2) is 34.9 Å².